The Morgan fingerprint density at radius 3 is 2.45 bits per heavy atom. The van der Waals surface area contributed by atoms with Crippen molar-refractivity contribution < 1.29 is 31.8 Å². The molecule has 1 saturated heterocycles. The summed E-state index contributed by atoms with van der Waals surface area (Å²) in [7, 11) is 1.40. The Kier molecular flexibility index (Phi) is 8.12. The molecule has 6 rings (SSSR count). The van der Waals surface area contributed by atoms with Crippen LogP contribution in [0.3, 0.4) is 0 Å². The molecule has 4 aromatic rings. The molecule has 0 unspecified atom stereocenters. The largest absolute Gasteiger partial charge is 0.495 e. The fourth-order valence-corrected chi connectivity index (χ4v) is 6.07. The molecule has 232 valence electrons. The Bertz CT molecular complexity index is 1680. The molecule has 14 heteroatoms. The van der Waals surface area contributed by atoms with Crippen LogP contribution >= 0.6 is 0 Å². The van der Waals surface area contributed by atoms with Gasteiger partial charge in [0.1, 0.15) is 29.4 Å². The molecule has 1 aliphatic carbocycles. The van der Waals surface area contributed by atoms with Gasteiger partial charge in [-0.15, -0.1) is 0 Å². The Morgan fingerprint density at radius 2 is 1.77 bits per heavy atom. The summed E-state index contributed by atoms with van der Waals surface area (Å²) in [5.74, 6) is -1.72. The average Bonchev–Trinajstić information content (AvgIpc) is 3.42. The zero-order valence-electron chi connectivity index (χ0n) is 23.9. The van der Waals surface area contributed by atoms with Gasteiger partial charge in [0, 0.05) is 24.7 Å². The van der Waals surface area contributed by atoms with Crippen LogP contribution in [0.1, 0.15) is 47.6 Å². The second kappa shape index (κ2) is 12.0. The van der Waals surface area contributed by atoms with Crippen molar-refractivity contribution >= 4 is 28.4 Å². The van der Waals surface area contributed by atoms with Gasteiger partial charge in [-0.1, -0.05) is 6.07 Å². The predicted octanol–water partition coefficient (Wildman–Crippen LogP) is 5.31. The lowest BCUT2D eigenvalue weighted by molar-refractivity contribution is -0.137. The third-order valence-corrected chi connectivity index (χ3v) is 8.36. The number of aromatic nitrogens is 4. The number of rotatable bonds is 6. The quantitative estimate of drug-likeness (QED) is 0.281. The molecule has 2 fully saturated rings. The van der Waals surface area contributed by atoms with Gasteiger partial charge in [-0.05, 0) is 56.0 Å². The molecule has 1 amide bonds. The molecular weight excluding hydrogens is 582 g/mol. The first kappa shape index (κ1) is 29.8. The van der Waals surface area contributed by atoms with E-state index in [0.717, 1.165) is 58.1 Å². The first-order chi connectivity index (χ1) is 21.1. The minimum atomic E-state index is -4.73. The molecule has 44 heavy (non-hydrogen) atoms. The maximum absolute atomic E-state index is 14.4. The minimum Gasteiger partial charge on any atom is -0.495 e. The van der Waals surface area contributed by atoms with Crippen molar-refractivity contribution in [2.75, 3.05) is 44.5 Å². The van der Waals surface area contributed by atoms with Gasteiger partial charge in [0.15, 0.2) is 5.65 Å². The van der Waals surface area contributed by atoms with E-state index < -0.39 is 29.0 Å². The minimum absolute atomic E-state index is 0.122. The Morgan fingerprint density at radius 1 is 1.05 bits per heavy atom. The first-order valence-electron chi connectivity index (χ1n) is 14.3. The Hall–Kier alpha value is -4.30. The fourth-order valence-electron chi connectivity index (χ4n) is 6.07. The number of benzene rings is 2. The molecule has 0 spiro atoms. The van der Waals surface area contributed by atoms with Gasteiger partial charge >= 0.3 is 6.18 Å². The second-order valence-corrected chi connectivity index (χ2v) is 10.9. The standard InChI is InChI=1S/C30H31F4N7O3/c1-43-24-14-17(2-9-23(24)38-29(42)21-8-3-18(15-22(21)31)30(32,33)34)26-25-27(35)36-16-37-28(25)41(39-26)20-6-4-19(5-7-20)40-10-12-44-13-11-40/h2-3,8-9,14-16,19-20H,4-7,10-13H2,1H3,(H,38,42)(H2,35,36,37)/t19-,20-. The zero-order chi connectivity index (χ0) is 31.0. The monoisotopic (exact) mass is 613 g/mol. The normalized spacial score (nSPS) is 19.7. The second-order valence-electron chi connectivity index (χ2n) is 10.9. The van der Waals surface area contributed by atoms with E-state index >= 15 is 0 Å². The number of carbonyl (C=O) groups excluding carboxylic acids is 1. The molecule has 3 N–H and O–H groups in total. The van der Waals surface area contributed by atoms with Crippen molar-refractivity contribution in [2.24, 2.45) is 0 Å². The molecular formula is C30H31F4N7O3. The van der Waals surface area contributed by atoms with Gasteiger partial charge in [-0.3, -0.25) is 9.69 Å². The number of fused-ring (bicyclic) bond motifs is 1. The van der Waals surface area contributed by atoms with Crippen LogP contribution < -0.4 is 15.8 Å². The van der Waals surface area contributed by atoms with E-state index in [2.05, 4.69) is 20.2 Å². The number of hydrogen-bond acceptors (Lipinski definition) is 8. The van der Waals surface area contributed by atoms with E-state index in [-0.39, 0.29) is 29.4 Å². The third kappa shape index (κ3) is 5.78. The van der Waals surface area contributed by atoms with Crippen molar-refractivity contribution in [2.45, 2.75) is 43.9 Å². The molecule has 1 saturated carbocycles. The lowest BCUT2D eigenvalue weighted by Gasteiger charge is -2.38. The summed E-state index contributed by atoms with van der Waals surface area (Å²) in [5, 5.41) is 8.06. The molecule has 2 aliphatic rings. The summed E-state index contributed by atoms with van der Waals surface area (Å²) in [6.45, 7) is 3.43. The van der Waals surface area contributed by atoms with Crippen molar-refractivity contribution in [1.82, 2.24) is 24.6 Å². The number of hydrogen-bond donors (Lipinski definition) is 2. The van der Waals surface area contributed by atoms with Crippen LogP contribution in [0.5, 0.6) is 5.75 Å². The van der Waals surface area contributed by atoms with Crippen LogP contribution in [0.25, 0.3) is 22.3 Å². The highest BCUT2D eigenvalue weighted by molar-refractivity contribution is 6.06. The molecule has 2 aromatic heterocycles. The van der Waals surface area contributed by atoms with E-state index in [1.54, 1.807) is 18.2 Å². The van der Waals surface area contributed by atoms with Crippen molar-refractivity contribution in [3.05, 3.63) is 59.7 Å². The maximum Gasteiger partial charge on any atom is 0.416 e. The number of carbonyl (C=O) groups is 1. The summed E-state index contributed by atoms with van der Waals surface area (Å²) in [6.07, 6.45) is 0.600. The predicted molar refractivity (Wildman–Crippen MR) is 155 cm³/mol. The number of alkyl halides is 3. The van der Waals surface area contributed by atoms with E-state index in [1.807, 2.05) is 4.68 Å². The van der Waals surface area contributed by atoms with Gasteiger partial charge in [0.25, 0.3) is 5.91 Å². The highest BCUT2D eigenvalue weighted by atomic mass is 19.4. The summed E-state index contributed by atoms with van der Waals surface area (Å²) < 4.78 is 66.1. The van der Waals surface area contributed by atoms with Crippen LogP contribution in [-0.2, 0) is 10.9 Å². The number of nitrogen functional groups attached to an aromatic ring is 1. The van der Waals surface area contributed by atoms with Crippen molar-refractivity contribution in [1.29, 1.82) is 0 Å². The van der Waals surface area contributed by atoms with Crippen LogP contribution in [-0.4, -0.2) is 70.0 Å². The number of nitrogens with one attached hydrogen (secondary N) is 1. The molecule has 10 nitrogen and oxygen atoms in total. The molecule has 0 bridgehead atoms. The lowest BCUT2D eigenvalue weighted by Crippen LogP contribution is -2.45. The van der Waals surface area contributed by atoms with Crippen LogP contribution in [0.15, 0.2) is 42.7 Å². The number of ether oxygens (including phenoxy) is 2. The maximum atomic E-state index is 14.4. The van der Waals surface area contributed by atoms with Crippen molar-refractivity contribution in [3.8, 4) is 17.0 Å². The highest BCUT2D eigenvalue weighted by Gasteiger charge is 2.32. The summed E-state index contributed by atoms with van der Waals surface area (Å²) in [5.41, 5.74) is 6.57. The fraction of sp³-hybridized carbons (Fsp3) is 0.400. The number of methoxy groups -OCH3 is 1. The number of morpholine rings is 1. The smallest absolute Gasteiger partial charge is 0.416 e. The van der Waals surface area contributed by atoms with Gasteiger partial charge in [0.05, 0.1) is 48.6 Å². The SMILES string of the molecule is COc1cc(-c2nn([C@H]3CC[C@H](N4CCOCC4)CC3)c3ncnc(N)c23)ccc1NC(=O)c1ccc(C(F)(F)F)cc1F. The molecule has 0 radical (unpaired) electrons. The van der Waals surface area contributed by atoms with E-state index in [4.69, 9.17) is 20.3 Å². The van der Waals surface area contributed by atoms with Crippen LogP contribution in [0.4, 0.5) is 29.1 Å². The molecule has 2 aromatic carbocycles. The van der Waals surface area contributed by atoms with E-state index in [9.17, 15) is 22.4 Å². The zero-order valence-corrected chi connectivity index (χ0v) is 23.9. The average molecular weight is 614 g/mol. The Balaban J connectivity index is 1.26. The van der Waals surface area contributed by atoms with Gasteiger partial charge < -0.3 is 20.5 Å². The number of anilines is 2. The van der Waals surface area contributed by atoms with Gasteiger partial charge in [-0.2, -0.15) is 18.3 Å². The molecule has 0 atom stereocenters. The highest BCUT2D eigenvalue weighted by Crippen LogP contribution is 2.39. The summed E-state index contributed by atoms with van der Waals surface area (Å²) >= 11 is 0. The topological polar surface area (TPSA) is 120 Å². The lowest BCUT2D eigenvalue weighted by atomic mass is 9.90. The number of nitrogens with zero attached hydrogens (tertiary/aromatic N) is 5. The van der Waals surface area contributed by atoms with Crippen molar-refractivity contribution in [3.63, 3.8) is 0 Å². The third-order valence-electron chi connectivity index (χ3n) is 8.36. The molecule has 3 heterocycles. The summed E-state index contributed by atoms with van der Waals surface area (Å²) in [6, 6.07) is 7.26. The number of halogens is 4. The number of nitrogens with two attached hydrogens (primary N) is 1. The van der Waals surface area contributed by atoms with Crippen LogP contribution in [0.2, 0.25) is 0 Å². The van der Waals surface area contributed by atoms with E-state index in [0.29, 0.717) is 34.4 Å². The Labute approximate surface area is 250 Å². The summed E-state index contributed by atoms with van der Waals surface area (Å²) in [4.78, 5) is 24.0. The van der Waals surface area contributed by atoms with Crippen LogP contribution in [0, 0.1) is 5.82 Å². The van der Waals surface area contributed by atoms with Gasteiger partial charge in [-0.25, -0.2) is 19.0 Å². The van der Waals surface area contributed by atoms with Gasteiger partial charge in [0.2, 0.25) is 0 Å². The van der Waals surface area contributed by atoms with E-state index in [1.165, 1.54) is 13.4 Å². The molecule has 1 aliphatic heterocycles. The first-order valence-corrected chi connectivity index (χ1v) is 14.3. The number of amides is 1.